The van der Waals surface area contributed by atoms with Crippen LogP contribution in [0.2, 0.25) is 0 Å². The van der Waals surface area contributed by atoms with Crippen molar-refractivity contribution < 1.29 is 4.42 Å². The number of amidine groups is 1. The Bertz CT molecular complexity index is 290. The molecular formula is C10H14N2O. The Hall–Kier alpha value is -1.25. The van der Waals surface area contributed by atoms with Crippen molar-refractivity contribution in [1.29, 1.82) is 0 Å². The molecule has 0 aromatic carbocycles. The molecule has 0 saturated heterocycles. The summed E-state index contributed by atoms with van der Waals surface area (Å²) in [5.74, 6) is 2.08. The molecule has 1 aromatic heterocycles. The average Bonchev–Trinajstić information content (AvgIpc) is 2.74. The van der Waals surface area contributed by atoms with E-state index in [1.807, 2.05) is 12.1 Å². The second-order valence-corrected chi connectivity index (χ2v) is 3.31. The summed E-state index contributed by atoms with van der Waals surface area (Å²) in [7, 11) is 0. The molecule has 1 atom stereocenters. The van der Waals surface area contributed by atoms with Gasteiger partial charge in [-0.15, -0.1) is 0 Å². The Morgan fingerprint density at radius 1 is 1.62 bits per heavy atom. The first-order valence-corrected chi connectivity index (χ1v) is 4.69. The summed E-state index contributed by atoms with van der Waals surface area (Å²) in [6.45, 7) is 3.05. The lowest BCUT2D eigenvalue weighted by molar-refractivity contribution is 0.462. The van der Waals surface area contributed by atoms with Crippen LogP contribution in [0.15, 0.2) is 27.8 Å². The molecular weight excluding hydrogens is 164 g/mol. The first kappa shape index (κ1) is 8.35. The number of rotatable bonds is 2. The number of hydrogen-bond donors (Lipinski definition) is 1. The fourth-order valence-corrected chi connectivity index (χ4v) is 1.52. The van der Waals surface area contributed by atoms with E-state index in [0.717, 1.165) is 24.6 Å². The van der Waals surface area contributed by atoms with Crippen molar-refractivity contribution in [2.24, 2.45) is 4.99 Å². The van der Waals surface area contributed by atoms with Gasteiger partial charge < -0.3 is 9.73 Å². The fraction of sp³-hybridized carbons (Fsp3) is 0.500. The molecule has 0 spiro atoms. The largest absolute Gasteiger partial charge is 0.467 e. The lowest BCUT2D eigenvalue weighted by Gasteiger charge is -2.11. The van der Waals surface area contributed by atoms with Gasteiger partial charge in [-0.1, -0.05) is 0 Å². The molecule has 2 rings (SSSR count). The maximum absolute atomic E-state index is 5.29. The normalized spacial score (nSPS) is 18.4. The molecule has 1 unspecified atom stereocenters. The molecule has 3 nitrogen and oxygen atoms in total. The highest BCUT2D eigenvalue weighted by atomic mass is 16.3. The summed E-state index contributed by atoms with van der Waals surface area (Å²) in [6, 6.07) is 4.11. The lowest BCUT2D eigenvalue weighted by atomic mass is 10.2. The number of nitrogens with zero attached hydrogens (tertiary/aromatic N) is 1. The van der Waals surface area contributed by atoms with E-state index in [0.29, 0.717) is 0 Å². The molecule has 1 aliphatic heterocycles. The van der Waals surface area contributed by atoms with Gasteiger partial charge in [0.15, 0.2) is 0 Å². The zero-order chi connectivity index (χ0) is 9.10. The standard InChI is InChI=1S/C10H14N2O/c1-8(9-4-3-7-13-9)12-10-5-2-6-11-10/h3-4,7-8H,2,5-6H2,1H3,(H,11,12). The summed E-state index contributed by atoms with van der Waals surface area (Å²) in [5.41, 5.74) is 0. The number of aliphatic imine (C=N–C) groups is 1. The topological polar surface area (TPSA) is 37.5 Å². The predicted octanol–water partition coefficient (Wildman–Crippen LogP) is 2.12. The Balaban J connectivity index is 1.95. The molecule has 0 bridgehead atoms. The highest BCUT2D eigenvalue weighted by Crippen LogP contribution is 2.13. The van der Waals surface area contributed by atoms with Crippen LogP contribution in [0.25, 0.3) is 0 Å². The third-order valence-electron chi connectivity index (χ3n) is 2.23. The van der Waals surface area contributed by atoms with Gasteiger partial charge in [-0.2, -0.15) is 0 Å². The Kier molecular flexibility index (Phi) is 2.34. The SMILES string of the molecule is CC(NC1=NCCC1)c1ccco1. The van der Waals surface area contributed by atoms with E-state index >= 15 is 0 Å². The minimum absolute atomic E-state index is 0.229. The first-order chi connectivity index (χ1) is 6.36. The number of furan rings is 1. The van der Waals surface area contributed by atoms with E-state index in [1.165, 1.54) is 6.42 Å². The number of nitrogens with one attached hydrogen (secondary N) is 1. The van der Waals surface area contributed by atoms with E-state index in [9.17, 15) is 0 Å². The molecule has 0 amide bonds. The van der Waals surface area contributed by atoms with Gasteiger partial charge in [-0.25, -0.2) is 0 Å². The monoisotopic (exact) mass is 178 g/mol. The molecule has 1 aromatic rings. The van der Waals surface area contributed by atoms with Crippen molar-refractivity contribution in [2.75, 3.05) is 6.54 Å². The average molecular weight is 178 g/mol. The van der Waals surface area contributed by atoms with Crippen LogP contribution in [0, 0.1) is 0 Å². The van der Waals surface area contributed by atoms with Gasteiger partial charge in [-0.3, -0.25) is 4.99 Å². The van der Waals surface area contributed by atoms with Crippen LogP contribution in [-0.4, -0.2) is 12.4 Å². The van der Waals surface area contributed by atoms with Crippen LogP contribution >= 0.6 is 0 Å². The van der Waals surface area contributed by atoms with Gasteiger partial charge in [0.2, 0.25) is 0 Å². The lowest BCUT2D eigenvalue weighted by Crippen LogP contribution is -2.24. The van der Waals surface area contributed by atoms with Crippen molar-refractivity contribution in [3.05, 3.63) is 24.2 Å². The third kappa shape index (κ3) is 1.91. The summed E-state index contributed by atoms with van der Waals surface area (Å²) >= 11 is 0. The van der Waals surface area contributed by atoms with Gasteiger partial charge in [0.05, 0.1) is 18.1 Å². The van der Waals surface area contributed by atoms with Gasteiger partial charge >= 0.3 is 0 Å². The molecule has 13 heavy (non-hydrogen) atoms. The van der Waals surface area contributed by atoms with E-state index in [2.05, 4.69) is 17.2 Å². The van der Waals surface area contributed by atoms with E-state index < -0.39 is 0 Å². The van der Waals surface area contributed by atoms with Crippen molar-refractivity contribution in [1.82, 2.24) is 5.32 Å². The van der Waals surface area contributed by atoms with Crippen LogP contribution in [0.4, 0.5) is 0 Å². The van der Waals surface area contributed by atoms with E-state index in [4.69, 9.17) is 4.42 Å². The molecule has 0 saturated carbocycles. The van der Waals surface area contributed by atoms with Crippen LogP contribution in [0.5, 0.6) is 0 Å². The molecule has 0 aliphatic carbocycles. The zero-order valence-corrected chi connectivity index (χ0v) is 7.79. The maximum Gasteiger partial charge on any atom is 0.125 e. The van der Waals surface area contributed by atoms with Gasteiger partial charge in [0, 0.05) is 13.0 Å². The minimum Gasteiger partial charge on any atom is -0.467 e. The van der Waals surface area contributed by atoms with Crippen molar-refractivity contribution >= 4 is 5.84 Å². The Labute approximate surface area is 77.9 Å². The molecule has 1 N–H and O–H groups in total. The molecule has 2 heterocycles. The van der Waals surface area contributed by atoms with Gasteiger partial charge in [0.1, 0.15) is 5.76 Å². The second kappa shape index (κ2) is 3.64. The first-order valence-electron chi connectivity index (χ1n) is 4.69. The summed E-state index contributed by atoms with van der Waals surface area (Å²) in [5, 5.41) is 3.34. The van der Waals surface area contributed by atoms with E-state index in [-0.39, 0.29) is 6.04 Å². The van der Waals surface area contributed by atoms with Crippen molar-refractivity contribution in [3.63, 3.8) is 0 Å². The van der Waals surface area contributed by atoms with Crippen LogP contribution in [-0.2, 0) is 0 Å². The molecule has 0 fully saturated rings. The fourth-order valence-electron chi connectivity index (χ4n) is 1.52. The maximum atomic E-state index is 5.29. The Morgan fingerprint density at radius 2 is 2.54 bits per heavy atom. The predicted molar refractivity (Wildman–Crippen MR) is 51.8 cm³/mol. The molecule has 3 heteroatoms. The minimum atomic E-state index is 0.229. The summed E-state index contributed by atoms with van der Waals surface area (Å²) < 4.78 is 5.29. The third-order valence-corrected chi connectivity index (χ3v) is 2.23. The van der Waals surface area contributed by atoms with Crippen LogP contribution < -0.4 is 5.32 Å². The van der Waals surface area contributed by atoms with Gasteiger partial charge in [-0.05, 0) is 25.5 Å². The van der Waals surface area contributed by atoms with E-state index in [1.54, 1.807) is 6.26 Å². The Morgan fingerprint density at radius 3 is 3.15 bits per heavy atom. The number of hydrogen-bond acceptors (Lipinski definition) is 3. The quantitative estimate of drug-likeness (QED) is 0.753. The molecule has 70 valence electrons. The molecule has 1 aliphatic rings. The highest BCUT2D eigenvalue weighted by molar-refractivity contribution is 5.83. The van der Waals surface area contributed by atoms with Crippen molar-refractivity contribution in [2.45, 2.75) is 25.8 Å². The zero-order valence-electron chi connectivity index (χ0n) is 7.79. The van der Waals surface area contributed by atoms with Crippen LogP contribution in [0.3, 0.4) is 0 Å². The van der Waals surface area contributed by atoms with Crippen LogP contribution in [0.1, 0.15) is 31.6 Å². The summed E-state index contributed by atoms with van der Waals surface area (Å²) in [4.78, 5) is 4.35. The summed E-state index contributed by atoms with van der Waals surface area (Å²) in [6.07, 6.45) is 3.95. The highest BCUT2D eigenvalue weighted by Gasteiger charge is 2.12. The smallest absolute Gasteiger partial charge is 0.125 e. The molecule has 0 radical (unpaired) electrons. The second-order valence-electron chi connectivity index (χ2n) is 3.31. The van der Waals surface area contributed by atoms with Crippen molar-refractivity contribution in [3.8, 4) is 0 Å². The van der Waals surface area contributed by atoms with Gasteiger partial charge in [0.25, 0.3) is 0 Å².